The molecule has 1 fully saturated rings. The Kier molecular flexibility index (Phi) is 5.89. The maximum atomic E-state index is 9.37. The van der Waals surface area contributed by atoms with Crippen LogP contribution in [0.1, 0.15) is 0 Å². The average molecular weight is 267 g/mol. The first-order chi connectivity index (χ1) is 6.66. The molecule has 2 unspecified atom stereocenters. The molecule has 2 rings (SSSR count). The summed E-state index contributed by atoms with van der Waals surface area (Å²) in [4.78, 5) is 1.94. The molecule has 6 heteroatoms. The quantitative estimate of drug-likeness (QED) is 0.654. The zero-order valence-electron chi connectivity index (χ0n) is 8.61. The van der Waals surface area contributed by atoms with E-state index in [2.05, 4.69) is 0 Å². The van der Waals surface area contributed by atoms with Gasteiger partial charge in [-0.1, -0.05) is 0 Å². The van der Waals surface area contributed by atoms with Crippen LogP contribution in [0.25, 0.3) is 0 Å². The number of halogens is 2. The highest BCUT2D eigenvalue weighted by Crippen LogP contribution is 2.21. The van der Waals surface area contributed by atoms with Gasteiger partial charge >= 0.3 is 0 Å². The van der Waals surface area contributed by atoms with Gasteiger partial charge in [-0.3, -0.25) is 0 Å². The van der Waals surface area contributed by atoms with Gasteiger partial charge in [-0.2, -0.15) is 0 Å². The molecule has 1 saturated heterocycles. The van der Waals surface area contributed by atoms with Crippen LogP contribution in [0.15, 0.2) is 24.3 Å². The van der Waals surface area contributed by atoms with Gasteiger partial charge in [0.1, 0.15) is 0 Å². The fourth-order valence-electron chi connectivity index (χ4n) is 1.67. The summed E-state index contributed by atoms with van der Waals surface area (Å²) >= 11 is 0. The van der Waals surface area contributed by atoms with Crippen molar-refractivity contribution in [3.05, 3.63) is 24.3 Å². The number of hydrogen-bond acceptors (Lipinski definition) is 4. The van der Waals surface area contributed by atoms with Gasteiger partial charge in [0.25, 0.3) is 0 Å². The Bertz CT molecular complexity index is 311. The van der Waals surface area contributed by atoms with Gasteiger partial charge in [-0.05, 0) is 24.3 Å². The number of nitrogen functional groups attached to an aromatic ring is 1. The molecule has 0 saturated carbocycles. The van der Waals surface area contributed by atoms with Gasteiger partial charge in [0, 0.05) is 24.5 Å². The SMILES string of the molecule is Cl.Cl.Nc1ccc(N2CC(O)C(O)C2)cc1. The van der Waals surface area contributed by atoms with Gasteiger partial charge in [-0.25, -0.2) is 0 Å². The van der Waals surface area contributed by atoms with Crippen molar-refractivity contribution in [2.75, 3.05) is 23.7 Å². The summed E-state index contributed by atoms with van der Waals surface area (Å²) in [6, 6.07) is 7.40. The van der Waals surface area contributed by atoms with Crippen LogP contribution >= 0.6 is 24.8 Å². The molecule has 1 aromatic carbocycles. The van der Waals surface area contributed by atoms with Gasteiger partial charge in [0.05, 0.1) is 12.2 Å². The summed E-state index contributed by atoms with van der Waals surface area (Å²) in [7, 11) is 0. The van der Waals surface area contributed by atoms with Crippen molar-refractivity contribution >= 4 is 36.2 Å². The van der Waals surface area contributed by atoms with Crippen LogP contribution in [-0.4, -0.2) is 35.5 Å². The molecule has 2 atom stereocenters. The van der Waals surface area contributed by atoms with Crippen molar-refractivity contribution in [2.45, 2.75) is 12.2 Å². The third-order valence-electron chi connectivity index (χ3n) is 2.52. The first-order valence-electron chi connectivity index (χ1n) is 4.63. The van der Waals surface area contributed by atoms with Crippen LogP contribution in [0.3, 0.4) is 0 Å². The molecule has 0 amide bonds. The van der Waals surface area contributed by atoms with Crippen molar-refractivity contribution in [3.8, 4) is 0 Å². The minimum Gasteiger partial charge on any atom is -0.399 e. The van der Waals surface area contributed by atoms with Gasteiger partial charge < -0.3 is 20.8 Å². The minimum atomic E-state index is -0.646. The monoisotopic (exact) mass is 266 g/mol. The Morgan fingerprint density at radius 2 is 1.44 bits per heavy atom. The van der Waals surface area contributed by atoms with Crippen LogP contribution in [0.4, 0.5) is 11.4 Å². The van der Waals surface area contributed by atoms with E-state index in [1.54, 1.807) is 0 Å². The highest BCUT2D eigenvalue weighted by atomic mass is 35.5. The number of benzene rings is 1. The molecule has 0 aromatic heterocycles. The van der Waals surface area contributed by atoms with E-state index in [9.17, 15) is 10.2 Å². The van der Waals surface area contributed by atoms with Crippen LogP contribution < -0.4 is 10.6 Å². The highest BCUT2D eigenvalue weighted by molar-refractivity contribution is 5.85. The van der Waals surface area contributed by atoms with E-state index >= 15 is 0 Å². The number of anilines is 2. The lowest BCUT2D eigenvalue weighted by Gasteiger charge is -2.17. The summed E-state index contributed by atoms with van der Waals surface area (Å²) in [5.41, 5.74) is 7.26. The third kappa shape index (κ3) is 3.15. The number of nitrogens with two attached hydrogens (primary N) is 1. The fraction of sp³-hybridized carbons (Fsp3) is 0.400. The van der Waals surface area contributed by atoms with E-state index < -0.39 is 12.2 Å². The molecule has 1 aromatic rings. The zero-order chi connectivity index (χ0) is 10.1. The lowest BCUT2D eigenvalue weighted by Crippen LogP contribution is -2.22. The van der Waals surface area contributed by atoms with E-state index in [0.29, 0.717) is 18.8 Å². The van der Waals surface area contributed by atoms with E-state index in [-0.39, 0.29) is 24.8 Å². The van der Waals surface area contributed by atoms with Crippen molar-refractivity contribution in [3.63, 3.8) is 0 Å². The average Bonchev–Trinajstić information content (AvgIpc) is 2.48. The topological polar surface area (TPSA) is 69.7 Å². The van der Waals surface area contributed by atoms with E-state index in [4.69, 9.17) is 5.73 Å². The summed E-state index contributed by atoms with van der Waals surface area (Å²) in [5.74, 6) is 0. The molecule has 0 bridgehead atoms. The van der Waals surface area contributed by atoms with Crippen LogP contribution in [-0.2, 0) is 0 Å². The van der Waals surface area contributed by atoms with Crippen molar-refractivity contribution < 1.29 is 10.2 Å². The molecule has 1 aliphatic rings. The Hall–Kier alpha value is -0.680. The lowest BCUT2D eigenvalue weighted by molar-refractivity contribution is 0.0572. The van der Waals surface area contributed by atoms with Crippen LogP contribution in [0.5, 0.6) is 0 Å². The number of nitrogens with zero attached hydrogens (tertiary/aromatic N) is 1. The molecule has 0 spiro atoms. The smallest absolute Gasteiger partial charge is 0.0990 e. The summed E-state index contributed by atoms with van der Waals surface area (Å²) in [6.45, 7) is 0.955. The summed E-state index contributed by atoms with van der Waals surface area (Å²) in [6.07, 6.45) is -1.29. The molecule has 16 heavy (non-hydrogen) atoms. The van der Waals surface area contributed by atoms with Crippen LogP contribution in [0, 0.1) is 0 Å². The molecular weight excluding hydrogens is 251 g/mol. The molecule has 4 nitrogen and oxygen atoms in total. The first kappa shape index (κ1) is 15.3. The predicted molar refractivity (Wildman–Crippen MR) is 69.6 cm³/mol. The minimum absolute atomic E-state index is 0. The van der Waals surface area contributed by atoms with Gasteiger partial charge in [0.2, 0.25) is 0 Å². The van der Waals surface area contributed by atoms with E-state index in [1.807, 2.05) is 29.2 Å². The molecule has 0 radical (unpaired) electrons. The third-order valence-corrected chi connectivity index (χ3v) is 2.52. The summed E-state index contributed by atoms with van der Waals surface area (Å²) < 4.78 is 0. The molecule has 92 valence electrons. The Balaban J connectivity index is 0.00000112. The maximum Gasteiger partial charge on any atom is 0.0990 e. The molecule has 4 N–H and O–H groups in total. The lowest BCUT2D eigenvalue weighted by atomic mass is 10.2. The molecular formula is C10H16Cl2N2O2. The highest BCUT2D eigenvalue weighted by Gasteiger charge is 2.29. The van der Waals surface area contributed by atoms with Crippen molar-refractivity contribution in [1.82, 2.24) is 0 Å². The number of aliphatic hydroxyl groups excluding tert-OH is 2. The largest absolute Gasteiger partial charge is 0.399 e. The first-order valence-corrected chi connectivity index (χ1v) is 4.63. The second-order valence-corrected chi connectivity index (χ2v) is 3.63. The van der Waals surface area contributed by atoms with Gasteiger partial charge in [0.15, 0.2) is 0 Å². The second kappa shape index (κ2) is 6.15. The van der Waals surface area contributed by atoms with Gasteiger partial charge in [-0.15, -0.1) is 24.8 Å². The molecule has 1 heterocycles. The Morgan fingerprint density at radius 3 is 1.88 bits per heavy atom. The van der Waals surface area contributed by atoms with E-state index in [0.717, 1.165) is 5.69 Å². The molecule has 1 aliphatic heterocycles. The van der Waals surface area contributed by atoms with Crippen molar-refractivity contribution in [2.24, 2.45) is 0 Å². The molecule has 0 aliphatic carbocycles. The standard InChI is InChI=1S/C10H14N2O2.2ClH/c11-7-1-3-8(4-2-7)12-5-9(13)10(14)6-12;;/h1-4,9-10,13-14H,5-6,11H2;2*1H. The number of β-amino-alcohol motifs (C(OH)–C–C–N with tert-alkyl or cyclic N) is 2. The van der Waals surface area contributed by atoms with Crippen LogP contribution in [0.2, 0.25) is 0 Å². The van der Waals surface area contributed by atoms with Crippen molar-refractivity contribution in [1.29, 1.82) is 0 Å². The predicted octanol–water partition coefficient (Wildman–Crippen LogP) is 0.654. The second-order valence-electron chi connectivity index (χ2n) is 3.63. The number of hydrogen-bond donors (Lipinski definition) is 3. The number of rotatable bonds is 1. The zero-order valence-corrected chi connectivity index (χ0v) is 10.2. The normalized spacial score (nSPS) is 23.5. The Labute approximate surface area is 107 Å². The summed E-state index contributed by atoms with van der Waals surface area (Å²) in [5, 5.41) is 18.7. The van der Waals surface area contributed by atoms with E-state index in [1.165, 1.54) is 0 Å². The number of aliphatic hydroxyl groups is 2. The fourth-order valence-corrected chi connectivity index (χ4v) is 1.67. The maximum absolute atomic E-state index is 9.37. The Morgan fingerprint density at radius 1 is 1.00 bits per heavy atom.